The molecule has 8 heteroatoms. The monoisotopic (exact) mass is 515 g/mol. The first-order valence-electron chi connectivity index (χ1n) is 11.8. The van der Waals surface area contributed by atoms with Crippen molar-refractivity contribution in [1.82, 2.24) is 0 Å². The van der Waals surface area contributed by atoms with Crippen LogP contribution < -0.4 is 27.4 Å². The van der Waals surface area contributed by atoms with Gasteiger partial charge in [0.1, 0.15) is 11.5 Å². The molecule has 0 radical (unpaired) electrons. The molecule has 6 rings (SSSR count). The summed E-state index contributed by atoms with van der Waals surface area (Å²) in [6, 6.07) is 21.4. The van der Waals surface area contributed by atoms with Crippen LogP contribution >= 0.6 is 0 Å². The summed E-state index contributed by atoms with van der Waals surface area (Å²) in [5.41, 5.74) is 3.40. The lowest BCUT2D eigenvalue weighted by molar-refractivity contribution is -0.116. The lowest BCUT2D eigenvalue weighted by atomic mass is 9.79. The number of nitrogens with zero attached hydrogens (tertiary/aromatic N) is 1. The number of allylic oxidation sites excluding steroid dienone is 1. The van der Waals surface area contributed by atoms with Gasteiger partial charge in [0.2, 0.25) is 0 Å². The molecule has 2 aliphatic rings. The van der Waals surface area contributed by atoms with Crippen molar-refractivity contribution < 1.29 is 35.6 Å². The number of carbonyl (C=O) groups excluding carboxylic acids is 2. The summed E-state index contributed by atoms with van der Waals surface area (Å²) in [5, 5.41) is 3.50. The summed E-state index contributed by atoms with van der Waals surface area (Å²) in [7, 11) is 1.59. The van der Waals surface area contributed by atoms with Crippen LogP contribution in [0.25, 0.3) is 0 Å². The van der Waals surface area contributed by atoms with Gasteiger partial charge in [-0.2, -0.15) is 0 Å². The molecule has 2 aromatic carbocycles. The maximum absolute atomic E-state index is 14.0. The molecule has 0 fully saturated rings. The van der Waals surface area contributed by atoms with Crippen LogP contribution in [0.5, 0.6) is 5.75 Å². The number of ketones is 1. The van der Waals surface area contributed by atoms with Crippen molar-refractivity contribution in [3.8, 4) is 5.75 Å². The van der Waals surface area contributed by atoms with Gasteiger partial charge in [-0.25, -0.2) is 0 Å². The van der Waals surface area contributed by atoms with E-state index in [4.69, 9.17) is 13.6 Å². The van der Waals surface area contributed by atoms with Gasteiger partial charge in [0.15, 0.2) is 11.5 Å². The molecule has 188 valence electrons. The first-order valence-corrected chi connectivity index (χ1v) is 11.8. The lowest BCUT2D eigenvalue weighted by Gasteiger charge is -2.35. The van der Waals surface area contributed by atoms with Crippen molar-refractivity contribution in [2.45, 2.75) is 24.8 Å². The summed E-state index contributed by atoms with van der Waals surface area (Å²) < 4.78 is 16.9. The Bertz CT molecular complexity index is 1460. The summed E-state index contributed by atoms with van der Waals surface area (Å²) in [6.07, 6.45) is 3.94. The van der Waals surface area contributed by atoms with E-state index in [-0.39, 0.29) is 42.2 Å². The van der Waals surface area contributed by atoms with Crippen LogP contribution in [0.4, 0.5) is 11.4 Å². The van der Waals surface area contributed by atoms with Gasteiger partial charge in [-0.05, 0) is 48.9 Å². The SMILES string of the molecule is COc1ccccc1C1C2=C(CC(c3ccco3)CC2=O)Nc2ccccc2N1C(=O)c1ccco1.[Cl-]. The van der Waals surface area contributed by atoms with Gasteiger partial charge in [-0.3, -0.25) is 14.5 Å². The Kier molecular flexibility index (Phi) is 6.63. The second kappa shape index (κ2) is 10.0. The number of fused-ring (bicyclic) bond motifs is 1. The molecule has 2 atom stereocenters. The van der Waals surface area contributed by atoms with Crippen LogP contribution in [0.3, 0.4) is 0 Å². The molecule has 0 spiro atoms. The van der Waals surface area contributed by atoms with Crippen LogP contribution in [0, 0.1) is 0 Å². The molecule has 3 heterocycles. The topological polar surface area (TPSA) is 84.9 Å². The van der Waals surface area contributed by atoms with Crippen molar-refractivity contribution in [1.29, 1.82) is 0 Å². The Hall–Kier alpha value is -4.23. The predicted molar refractivity (Wildman–Crippen MR) is 134 cm³/mol. The van der Waals surface area contributed by atoms with Gasteiger partial charge in [0.05, 0.1) is 37.1 Å². The first kappa shape index (κ1) is 24.5. The highest BCUT2D eigenvalue weighted by Gasteiger charge is 2.43. The minimum Gasteiger partial charge on any atom is -1.00 e. The number of amides is 1. The number of para-hydroxylation sites is 3. The van der Waals surface area contributed by atoms with Crippen molar-refractivity contribution in [3.05, 3.63) is 114 Å². The Morgan fingerprint density at radius 3 is 2.46 bits per heavy atom. The van der Waals surface area contributed by atoms with Crippen LogP contribution in [0.2, 0.25) is 0 Å². The van der Waals surface area contributed by atoms with Crippen molar-refractivity contribution >= 4 is 23.1 Å². The molecule has 4 aromatic rings. The molecule has 2 unspecified atom stereocenters. The first-order chi connectivity index (χ1) is 17.7. The molecule has 1 amide bonds. The number of anilines is 2. The third-order valence-electron chi connectivity index (χ3n) is 6.82. The molecule has 1 aliphatic carbocycles. The highest BCUT2D eigenvalue weighted by molar-refractivity contribution is 6.11. The van der Waals surface area contributed by atoms with Crippen LogP contribution in [0.1, 0.15) is 46.7 Å². The standard InChI is InChI=1S/C29H24N2O5.ClH/c1-34-25-11-5-2-8-19(25)28-27-21(16-18(17-23(27)32)24-12-6-14-35-24)30-20-9-3-4-10-22(20)31(28)29(33)26-13-7-15-36-26;/h2-15,18,28,30H,16-17H2,1H3;1H/p-1. The average Bonchev–Trinajstić information content (AvgIpc) is 3.61. The fraction of sp³-hybridized carbons (Fsp3) is 0.172. The summed E-state index contributed by atoms with van der Waals surface area (Å²) >= 11 is 0. The third kappa shape index (κ3) is 4.21. The van der Waals surface area contributed by atoms with Crippen molar-refractivity contribution in [2.24, 2.45) is 0 Å². The van der Waals surface area contributed by atoms with E-state index in [0.717, 1.165) is 22.7 Å². The number of rotatable bonds is 4. The highest BCUT2D eigenvalue weighted by Crippen LogP contribution is 2.49. The van der Waals surface area contributed by atoms with E-state index in [1.165, 1.54) is 6.26 Å². The number of hydrogen-bond acceptors (Lipinski definition) is 6. The smallest absolute Gasteiger partial charge is 0.294 e. The molecule has 7 nitrogen and oxygen atoms in total. The number of ether oxygens (including phenoxy) is 1. The van der Waals surface area contributed by atoms with E-state index >= 15 is 0 Å². The minimum absolute atomic E-state index is 0. The van der Waals surface area contributed by atoms with Crippen molar-refractivity contribution in [3.63, 3.8) is 0 Å². The summed E-state index contributed by atoms with van der Waals surface area (Å²) in [5.74, 6) is 1.05. The molecule has 2 aromatic heterocycles. The number of methoxy groups -OCH3 is 1. The van der Waals surface area contributed by atoms with Crippen molar-refractivity contribution in [2.75, 3.05) is 17.3 Å². The highest BCUT2D eigenvalue weighted by atomic mass is 35.5. The molecule has 37 heavy (non-hydrogen) atoms. The van der Waals surface area contributed by atoms with Crippen LogP contribution in [-0.4, -0.2) is 18.8 Å². The Morgan fingerprint density at radius 1 is 0.946 bits per heavy atom. The maximum Gasteiger partial charge on any atom is 0.294 e. The quantitative estimate of drug-likeness (QED) is 0.449. The molecule has 1 aliphatic heterocycles. The predicted octanol–water partition coefficient (Wildman–Crippen LogP) is 3.10. The fourth-order valence-corrected chi connectivity index (χ4v) is 5.24. The van der Waals surface area contributed by atoms with Gasteiger partial charge >= 0.3 is 0 Å². The van der Waals surface area contributed by atoms with Gasteiger partial charge in [0, 0.05) is 29.2 Å². The Balaban J connectivity index is 0.00000280. The van der Waals surface area contributed by atoms with Gasteiger partial charge in [-0.1, -0.05) is 30.3 Å². The Labute approximate surface area is 220 Å². The zero-order valence-corrected chi connectivity index (χ0v) is 20.8. The zero-order chi connectivity index (χ0) is 24.6. The normalized spacial score (nSPS) is 18.7. The van der Waals surface area contributed by atoms with E-state index in [2.05, 4.69) is 5.32 Å². The number of benzene rings is 2. The number of nitrogens with one attached hydrogen (secondary N) is 1. The van der Waals surface area contributed by atoms with Crippen LogP contribution in [-0.2, 0) is 4.79 Å². The van der Waals surface area contributed by atoms with Gasteiger partial charge in [-0.15, -0.1) is 0 Å². The number of Topliss-reactive ketones (excluding diaryl/α,β-unsaturated/α-hetero) is 1. The summed E-state index contributed by atoms with van der Waals surface area (Å²) in [4.78, 5) is 29.6. The van der Waals surface area contributed by atoms with E-state index in [9.17, 15) is 9.59 Å². The minimum atomic E-state index is -0.727. The number of furan rings is 2. The fourth-order valence-electron chi connectivity index (χ4n) is 5.24. The summed E-state index contributed by atoms with van der Waals surface area (Å²) in [6.45, 7) is 0. The van der Waals surface area contributed by atoms with E-state index < -0.39 is 6.04 Å². The maximum atomic E-state index is 14.0. The van der Waals surface area contributed by atoms with Gasteiger partial charge < -0.3 is 31.3 Å². The number of hydrogen-bond donors (Lipinski definition) is 1. The molecule has 0 saturated heterocycles. The second-order valence-corrected chi connectivity index (χ2v) is 8.88. The third-order valence-corrected chi connectivity index (χ3v) is 6.82. The van der Waals surface area contributed by atoms with E-state index in [1.54, 1.807) is 30.4 Å². The van der Waals surface area contributed by atoms with E-state index in [1.807, 2.05) is 60.7 Å². The van der Waals surface area contributed by atoms with Crippen LogP contribution in [0.15, 0.2) is 105 Å². The lowest BCUT2D eigenvalue weighted by Crippen LogP contribution is -3.00. The number of carbonyl (C=O) groups is 2. The Morgan fingerprint density at radius 2 is 1.70 bits per heavy atom. The zero-order valence-electron chi connectivity index (χ0n) is 20.0. The van der Waals surface area contributed by atoms with Gasteiger partial charge in [0.25, 0.3) is 5.91 Å². The second-order valence-electron chi connectivity index (χ2n) is 8.88. The molecular formula is C29H24ClN2O5-. The van der Waals surface area contributed by atoms with E-state index in [0.29, 0.717) is 23.4 Å². The average molecular weight is 516 g/mol. The largest absolute Gasteiger partial charge is 1.00 e. The number of halogens is 1. The molecule has 0 bridgehead atoms. The molecule has 0 saturated carbocycles. The molecule has 1 N–H and O–H groups in total. The molecular weight excluding hydrogens is 492 g/mol.